The first-order chi connectivity index (χ1) is 13.2. The number of carbonyl (C=O) groups excluding carboxylic acids is 3. The van der Waals surface area contributed by atoms with E-state index in [1.807, 2.05) is 10.7 Å². The van der Waals surface area contributed by atoms with Crippen LogP contribution >= 0.6 is 23.1 Å². The fraction of sp³-hybridized carbons (Fsp3) is 0.412. The van der Waals surface area contributed by atoms with E-state index >= 15 is 0 Å². The number of rotatable bonds is 6. The molecule has 0 aliphatic carbocycles. The SMILES string of the molecule is CSc1c2sc(C3=C(C(=O)[O-])N4C(=O)[C@H]([C@@H](C)O)[C@H]4C3)cn2c[n+]1CC(N)=O. The number of thioether (sulfide) groups is 1. The van der Waals surface area contributed by atoms with Crippen LogP contribution < -0.4 is 15.4 Å². The Bertz CT molecular complexity index is 1050. The summed E-state index contributed by atoms with van der Waals surface area (Å²) in [5, 5.41) is 22.4. The minimum absolute atomic E-state index is 0.0489. The number of nitrogens with zero attached hydrogens (tertiary/aromatic N) is 3. The Morgan fingerprint density at radius 1 is 1.54 bits per heavy atom. The lowest BCUT2D eigenvalue weighted by Crippen LogP contribution is -2.62. The van der Waals surface area contributed by atoms with Crippen molar-refractivity contribution in [3.8, 4) is 0 Å². The number of thiazole rings is 1. The third-order valence-electron chi connectivity index (χ3n) is 5.14. The minimum Gasteiger partial charge on any atom is -0.543 e. The third-order valence-corrected chi connectivity index (χ3v) is 7.26. The van der Waals surface area contributed by atoms with E-state index in [4.69, 9.17) is 5.73 Å². The number of aliphatic carboxylic acids is 1. The first-order valence-electron chi connectivity index (χ1n) is 8.56. The van der Waals surface area contributed by atoms with Gasteiger partial charge in [-0.25, -0.2) is 4.57 Å². The highest BCUT2D eigenvalue weighted by atomic mass is 32.2. The number of carboxylic acid groups (broad SMARTS) is 1. The molecule has 2 aromatic rings. The van der Waals surface area contributed by atoms with E-state index in [2.05, 4.69) is 0 Å². The van der Waals surface area contributed by atoms with Crippen molar-refractivity contribution in [2.45, 2.75) is 37.1 Å². The van der Waals surface area contributed by atoms with Gasteiger partial charge in [0.15, 0.2) is 6.54 Å². The number of carbonyl (C=O) groups is 3. The Kier molecular flexibility index (Phi) is 4.47. The van der Waals surface area contributed by atoms with Gasteiger partial charge in [-0.15, -0.1) is 0 Å². The molecular formula is C17H18N4O5S2. The summed E-state index contributed by atoms with van der Waals surface area (Å²) in [5.41, 5.74) is 5.71. The molecule has 28 heavy (non-hydrogen) atoms. The number of primary amides is 1. The summed E-state index contributed by atoms with van der Waals surface area (Å²) >= 11 is 2.83. The molecule has 2 aliphatic rings. The third kappa shape index (κ3) is 2.65. The van der Waals surface area contributed by atoms with Crippen molar-refractivity contribution in [1.29, 1.82) is 0 Å². The number of hydrogen-bond acceptors (Lipinski definition) is 7. The van der Waals surface area contributed by atoms with Gasteiger partial charge in [0.25, 0.3) is 12.2 Å². The molecule has 1 fully saturated rings. The normalized spacial score (nSPS) is 22.5. The Balaban J connectivity index is 1.77. The lowest BCUT2D eigenvalue weighted by atomic mass is 9.83. The maximum atomic E-state index is 12.3. The molecule has 2 amide bonds. The van der Waals surface area contributed by atoms with Crippen LogP contribution in [0.4, 0.5) is 0 Å². The van der Waals surface area contributed by atoms with Crippen LogP contribution in [0.1, 0.15) is 18.2 Å². The van der Waals surface area contributed by atoms with Gasteiger partial charge in [-0.1, -0.05) is 23.1 Å². The fourth-order valence-corrected chi connectivity index (χ4v) is 6.13. The van der Waals surface area contributed by atoms with E-state index in [0.29, 0.717) is 16.9 Å². The van der Waals surface area contributed by atoms with Crippen LogP contribution in [0.25, 0.3) is 10.4 Å². The van der Waals surface area contributed by atoms with Crippen molar-refractivity contribution in [3.63, 3.8) is 0 Å². The van der Waals surface area contributed by atoms with E-state index in [-0.39, 0.29) is 24.2 Å². The molecule has 1 saturated heterocycles. The zero-order valence-corrected chi connectivity index (χ0v) is 16.7. The maximum Gasteiger partial charge on any atom is 0.259 e. The average Bonchev–Trinajstić information content (AvgIpc) is 3.22. The molecule has 148 valence electrons. The van der Waals surface area contributed by atoms with Crippen LogP contribution in [0.5, 0.6) is 0 Å². The molecular weight excluding hydrogens is 404 g/mol. The summed E-state index contributed by atoms with van der Waals surface area (Å²) in [6, 6.07) is -0.364. The minimum atomic E-state index is -1.40. The Morgan fingerprint density at radius 2 is 2.25 bits per heavy atom. The number of fused-ring (bicyclic) bond motifs is 2. The molecule has 2 aromatic heterocycles. The summed E-state index contributed by atoms with van der Waals surface area (Å²) in [7, 11) is 0. The van der Waals surface area contributed by atoms with Crippen molar-refractivity contribution < 1.29 is 29.2 Å². The molecule has 3 N–H and O–H groups in total. The topological polar surface area (TPSA) is 132 Å². The van der Waals surface area contributed by atoms with Crippen LogP contribution in [0.2, 0.25) is 0 Å². The molecule has 4 heterocycles. The molecule has 11 heteroatoms. The lowest BCUT2D eigenvalue weighted by Gasteiger charge is -2.45. The number of hydrogen-bond donors (Lipinski definition) is 2. The van der Waals surface area contributed by atoms with Gasteiger partial charge in [0.05, 0.1) is 34.6 Å². The lowest BCUT2D eigenvalue weighted by molar-refractivity contribution is -0.717. The van der Waals surface area contributed by atoms with Crippen molar-refractivity contribution in [2.24, 2.45) is 11.7 Å². The fourth-order valence-electron chi connectivity index (χ4n) is 4.04. The zero-order valence-electron chi connectivity index (χ0n) is 15.1. The van der Waals surface area contributed by atoms with Gasteiger partial charge in [-0.05, 0) is 19.6 Å². The number of aromatic nitrogens is 2. The van der Waals surface area contributed by atoms with Gasteiger partial charge in [0.2, 0.25) is 15.8 Å². The Morgan fingerprint density at radius 3 is 2.82 bits per heavy atom. The highest BCUT2D eigenvalue weighted by molar-refractivity contribution is 7.98. The molecule has 0 aromatic carbocycles. The van der Waals surface area contributed by atoms with Crippen molar-refractivity contribution in [2.75, 3.05) is 6.26 Å². The van der Waals surface area contributed by atoms with E-state index < -0.39 is 23.9 Å². The standard InChI is InChI=1S/C17H18N4O5S2/c1-7(22)12-9-3-8(13(17(25)26)21(9)14(12)24)10-4-19-6-20(5-11(18)23)15(27-2)16(19)28-10/h4,6-7,9,12,22H,3,5H2,1-2H3,(H2-,18,23,25,26)/t7-,9-,12-/m1/s1. The monoisotopic (exact) mass is 422 g/mol. The van der Waals surface area contributed by atoms with Gasteiger partial charge in [0, 0.05) is 5.57 Å². The largest absolute Gasteiger partial charge is 0.543 e. The van der Waals surface area contributed by atoms with Crippen LogP contribution in [-0.4, -0.2) is 50.6 Å². The second-order valence-corrected chi connectivity index (χ2v) is 8.71. The summed E-state index contributed by atoms with van der Waals surface area (Å²) < 4.78 is 3.56. The zero-order chi connectivity index (χ0) is 20.3. The number of aliphatic hydroxyl groups is 1. The molecule has 4 rings (SSSR count). The van der Waals surface area contributed by atoms with E-state index in [9.17, 15) is 24.6 Å². The molecule has 9 nitrogen and oxygen atoms in total. The van der Waals surface area contributed by atoms with E-state index in [0.717, 1.165) is 9.86 Å². The van der Waals surface area contributed by atoms with Gasteiger partial charge >= 0.3 is 0 Å². The summed E-state index contributed by atoms with van der Waals surface area (Å²) in [5.74, 6) is -2.84. The molecule has 3 atom stereocenters. The summed E-state index contributed by atoms with van der Waals surface area (Å²) in [6.45, 7) is 1.58. The predicted octanol–water partition coefficient (Wildman–Crippen LogP) is -1.43. The second kappa shape index (κ2) is 6.61. The van der Waals surface area contributed by atoms with Gasteiger partial charge in [-0.2, -0.15) is 4.40 Å². The van der Waals surface area contributed by atoms with Gasteiger partial charge < -0.3 is 25.6 Å². The second-order valence-electron chi connectivity index (χ2n) is 6.89. The highest BCUT2D eigenvalue weighted by Gasteiger charge is 2.55. The molecule has 0 unspecified atom stereocenters. The molecule has 0 spiro atoms. The van der Waals surface area contributed by atoms with Crippen molar-refractivity contribution in [3.05, 3.63) is 23.1 Å². The quantitative estimate of drug-likeness (QED) is 0.333. The highest BCUT2D eigenvalue weighted by Crippen LogP contribution is 2.48. The number of carboxylic acids is 1. The molecule has 0 bridgehead atoms. The van der Waals surface area contributed by atoms with Gasteiger partial charge in [-0.3, -0.25) is 9.59 Å². The molecule has 0 saturated carbocycles. The van der Waals surface area contributed by atoms with Crippen molar-refractivity contribution >= 4 is 51.3 Å². The Labute approximate surface area is 168 Å². The first-order valence-corrected chi connectivity index (χ1v) is 10.6. The number of amides is 2. The van der Waals surface area contributed by atoms with Crippen LogP contribution in [-0.2, 0) is 20.9 Å². The number of nitrogens with two attached hydrogens (primary N) is 1. The van der Waals surface area contributed by atoms with E-state index in [1.54, 1.807) is 17.1 Å². The van der Waals surface area contributed by atoms with Crippen LogP contribution in [0.15, 0.2) is 23.2 Å². The van der Waals surface area contributed by atoms with E-state index in [1.165, 1.54) is 34.9 Å². The van der Waals surface area contributed by atoms with Crippen LogP contribution in [0.3, 0.4) is 0 Å². The number of β-lactam (4-membered cyclic amide) rings is 1. The predicted molar refractivity (Wildman–Crippen MR) is 98.8 cm³/mol. The number of imidazole rings is 1. The molecule has 2 aliphatic heterocycles. The Hall–Kier alpha value is -2.37. The summed E-state index contributed by atoms with van der Waals surface area (Å²) in [4.78, 5) is 38.2. The van der Waals surface area contributed by atoms with Gasteiger partial charge in [0.1, 0.15) is 6.20 Å². The summed E-state index contributed by atoms with van der Waals surface area (Å²) in [6.07, 6.45) is 4.91. The average molecular weight is 422 g/mol. The van der Waals surface area contributed by atoms with Crippen LogP contribution in [0, 0.1) is 5.92 Å². The van der Waals surface area contributed by atoms with Crippen molar-refractivity contribution in [1.82, 2.24) is 9.30 Å². The first kappa shape index (κ1) is 19.0. The molecule has 0 radical (unpaired) electrons. The number of aliphatic hydroxyl groups excluding tert-OH is 1. The maximum absolute atomic E-state index is 12.3. The smallest absolute Gasteiger partial charge is 0.259 e.